The number of carbonyl (C=O) groups excluding carboxylic acids is 3. The molecule has 12 heteroatoms. The van der Waals surface area contributed by atoms with Gasteiger partial charge in [0, 0.05) is 55.9 Å². The molecule has 0 spiro atoms. The Balaban J connectivity index is 1.60. The van der Waals surface area contributed by atoms with Crippen LogP contribution in [0.25, 0.3) is 0 Å². The minimum atomic E-state index is -0.363. The molecule has 34 heavy (non-hydrogen) atoms. The van der Waals surface area contributed by atoms with Crippen molar-refractivity contribution in [2.24, 2.45) is 0 Å². The fraction of sp³-hybridized carbons (Fsp3) is 0.455. The number of anilines is 1. The minimum absolute atomic E-state index is 0.196. The molecule has 1 N–H and O–H groups in total. The molecule has 4 amide bonds. The first-order valence-corrected chi connectivity index (χ1v) is 12.1. The summed E-state index contributed by atoms with van der Waals surface area (Å²) < 4.78 is 10.1. The first-order valence-electron chi connectivity index (χ1n) is 10.9. The van der Waals surface area contributed by atoms with Gasteiger partial charge < -0.3 is 29.5 Å². The zero-order chi connectivity index (χ0) is 24.5. The Kier molecular flexibility index (Phi) is 9.49. The zero-order valence-corrected chi connectivity index (χ0v) is 20.7. The van der Waals surface area contributed by atoms with Crippen molar-refractivity contribution in [3.63, 3.8) is 0 Å². The Bertz CT molecular complexity index is 996. The number of amides is 4. The molecule has 1 fully saturated rings. The highest BCUT2D eigenvalue weighted by molar-refractivity contribution is 7.09. The van der Waals surface area contributed by atoms with Gasteiger partial charge in [0.1, 0.15) is 10.7 Å². The number of rotatable bonds is 8. The van der Waals surface area contributed by atoms with Crippen molar-refractivity contribution in [2.75, 3.05) is 58.4 Å². The monoisotopic (exact) mass is 509 g/mol. The molecular weight excluding hydrogens is 482 g/mol. The third kappa shape index (κ3) is 7.05. The van der Waals surface area contributed by atoms with Crippen LogP contribution in [0, 0.1) is 0 Å². The van der Waals surface area contributed by atoms with E-state index < -0.39 is 0 Å². The van der Waals surface area contributed by atoms with Crippen LogP contribution in [0.3, 0.4) is 0 Å². The van der Waals surface area contributed by atoms with Crippen LogP contribution in [0.15, 0.2) is 29.6 Å². The Hall–Kier alpha value is -2.89. The van der Waals surface area contributed by atoms with Crippen LogP contribution in [-0.4, -0.2) is 90.8 Å². The van der Waals surface area contributed by atoms with Gasteiger partial charge in [0.25, 0.3) is 5.91 Å². The number of hydrogen-bond acceptors (Lipinski definition) is 7. The minimum Gasteiger partial charge on any atom is -0.450 e. The van der Waals surface area contributed by atoms with Crippen LogP contribution in [-0.2, 0) is 16.0 Å². The Morgan fingerprint density at radius 3 is 2.62 bits per heavy atom. The summed E-state index contributed by atoms with van der Waals surface area (Å²) in [6.07, 6.45) is -0.363. The van der Waals surface area contributed by atoms with E-state index in [1.54, 1.807) is 58.4 Å². The standard InChI is InChI=1S/C22H28ClN5O5S/c1-3-33-22(31)27-9-7-26(8-10-27)20(29)18-15-34-19(25-18)14-28(11-12-32-2)21(30)24-17-6-4-5-16(23)13-17/h4-6,13,15H,3,7-12,14H2,1-2H3,(H,24,30). The lowest BCUT2D eigenvalue weighted by atomic mass is 10.3. The van der Waals surface area contributed by atoms with Crippen molar-refractivity contribution in [2.45, 2.75) is 13.5 Å². The molecule has 1 aromatic heterocycles. The van der Waals surface area contributed by atoms with Crippen LogP contribution in [0.1, 0.15) is 22.4 Å². The summed E-state index contributed by atoms with van der Waals surface area (Å²) in [7, 11) is 1.56. The first-order chi connectivity index (χ1) is 16.4. The SMILES string of the molecule is CCOC(=O)N1CCN(C(=O)c2csc(CN(CCOC)C(=O)Nc3cccc(Cl)c3)n2)CC1. The van der Waals surface area contributed by atoms with Crippen LogP contribution in [0.5, 0.6) is 0 Å². The lowest BCUT2D eigenvalue weighted by Gasteiger charge is -2.33. The van der Waals surface area contributed by atoms with Gasteiger partial charge in [-0.1, -0.05) is 17.7 Å². The maximum atomic E-state index is 12.9. The third-order valence-electron chi connectivity index (χ3n) is 5.12. The van der Waals surface area contributed by atoms with Crippen molar-refractivity contribution in [1.29, 1.82) is 0 Å². The molecule has 0 radical (unpaired) electrons. The Morgan fingerprint density at radius 2 is 1.94 bits per heavy atom. The van der Waals surface area contributed by atoms with E-state index in [1.165, 1.54) is 11.3 Å². The lowest BCUT2D eigenvalue weighted by molar-refractivity contribution is 0.0566. The van der Waals surface area contributed by atoms with Crippen molar-refractivity contribution >= 4 is 46.7 Å². The highest BCUT2D eigenvalue weighted by Gasteiger charge is 2.27. The number of methoxy groups -OCH3 is 1. The highest BCUT2D eigenvalue weighted by atomic mass is 35.5. The highest BCUT2D eigenvalue weighted by Crippen LogP contribution is 2.18. The van der Waals surface area contributed by atoms with Gasteiger partial charge in [-0.05, 0) is 25.1 Å². The molecule has 1 aromatic carbocycles. The molecule has 0 atom stereocenters. The number of halogens is 1. The number of aromatic nitrogens is 1. The Labute approximate surface area is 207 Å². The maximum Gasteiger partial charge on any atom is 0.409 e. The number of hydrogen-bond donors (Lipinski definition) is 1. The van der Waals surface area contributed by atoms with Gasteiger partial charge in [-0.25, -0.2) is 14.6 Å². The molecule has 0 aliphatic carbocycles. The quantitative estimate of drug-likeness (QED) is 0.585. The molecule has 0 bridgehead atoms. The summed E-state index contributed by atoms with van der Waals surface area (Å²) in [6, 6.07) is 6.57. The zero-order valence-electron chi connectivity index (χ0n) is 19.2. The van der Waals surface area contributed by atoms with Gasteiger partial charge in [0.2, 0.25) is 0 Å². The van der Waals surface area contributed by atoms with Crippen molar-refractivity contribution < 1.29 is 23.9 Å². The van der Waals surface area contributed by atoms with Crippen LogP contribution < -0.4 is 5.32 Å². The number of ether oxygens (including phenoxy) is 2. The molecule has 2 aromatic rings. The molecule has 2 heterocycles. The Morgan fingerprint density at radius 1 is 1.21 bits per heavy atom. The summed E-state index contributed by atoms with van der Waals surface area (Å²) in [5, 5.41) is 5.67. The van der Waals surface area contributed by atoms with E-state index in [-0.39, 0.29) is 24.6 Å². The molecule has 1 saturated heterocycles. The number of carbonyl (C=O) groups is 3. The second-order valence-corrected chi connectivity index (χ2v) is 8.84. The number of nitrogens with one attached hydrogen (secondary N) is 1. The third-order valence-corrected chi connectivity index (χ3v) is 6.19. The van der Waals surface area contributed by atoms with E-state index in [9.17, 15) is 14.4 Å². The first kappa shape index (κ1) is 25.7. The largest absolute Gasteiger partial charge is 0.450 e. The number of thiazole rings is 1. The molecule has 10 nitrogen and oxygen atoms in total. The normalized spacial score (nSPS) is 13.5. The van der Waals surface area contributed by atoms with Crippen molar-refractivity contribution in [1.82, 2.24) is 19.7 Å². The summed E-state index contributed by atoms with van der Waals surface area (Å²) >= 11 is 7.32. The van der Waals surface area contributed by atoms with Crippen molar-refractivity contribution in [3.8, 4) is 0 Å². The predicted octanol–water partition coefficient (Wildman–Crippen LogP) is 3.39. The molecule has 1 aliphatic rings. The predicted molar refractivity (Wildman–Crippen MR) is 129 cm³/mol. The summed E-state index contributed by atoms with van der Waals surface area (Å²) in [5.41, 5.74) is 0.906. The van der Waals surface area contributed by atoms with Crippen LogP contribution in [0.2, 0.25) is 5.02 Å². The number of piperazine rings is 1. The summed E-state index contributed by atoms with van der Waals surface area (Å²) in [5.74, 6) is -0.196. The lowest BCUT2D eigenvalue weighted by Crippen LogP contribution is -2.50. The van der Waals surface area contributed by atoms with E-state index in [2.05, 4.69) is 10.3 Å². The van der Waals surface area contributed by atoms with Gasteiger partial charge in [-0.15, -0.1) is 11.3 Å². The molecule has 0 saturated carbocycles. The fourth-order valence-corrected chi connectivity index (χ4v) is 4.31. The molecule has 0 unspecified atom stereocenters. The second kappa shape index (κ2) is 12.5. The summed E-state index contributed by atoms with van der Waals surface area (Å²) in [4.78, 5) is 46.9. The van der Waals surface area contributed by atoms with Crippen molar-refractivity contribution in [3.05, 3.63) is 45.4 Å². The second-order valence-electron chi connectivity index (χ2n) is 7.46. The fourth-order valence-electron chi connectivity index (χ4n) is 3.34. The maximum absolute atomic E-state index is 12.9. The number of nitrogens with zero attached hydrogens (tertiary/aromatic N) is 4. The van der Waals surface area contributed by atoms with Crippen LogP contribution in [0.4, 0.5) is 15.3 Å². The molecule has 1 aliphatic heterocycles. The summed E-state index contributed by atoms with van der Waals surface area (Å²) in [6.45, 7) is 4.65. The van der Waals surface area contributed by atoms with E-state index >= 15 is 0 Å². The topological polar surface area (TPSA) is 104 Å². The van der Waals surface area contributed by atoms with Gasteiger partial charge >= 0.3 is 12.1 Å². The van der Waals surface area contributed by atoms with E-state index in [4.69, 9.17) is 21.1 Å². The van der Waals surface area contributed by atoms with Gasteiger partial charge in [0.05, 0.1) is 19.8 Å². The molecule has 184 valence electrons. The van der Waals surface area contributed by atoms with Gasteiger partial charge in [-0.3, -0.25) is 4.79 Å². The average molecular weight is 510 g/mol. The van der Waals surface area contributed by atoms with Gasteiger partial charge in [-0.2, -0.15) is 0 Å². The molecular formula is C22H28ClN5O5S. The van der Waals surface area contributed by atoms with E-state index in [1.807, 2.05) is 0 Å². The molecule has 3 rings (SSSR count). The smallest absolute Gasteiger partial charge is 0.409 e. The number of urea groups is 1. The van der Waals surface area contributed by atoms with Gasteiger partial charge in [0.15, 0.2) is 0 Å². The average Bonchev–Trinajstić information content (AvgIpc) is 3.30. The van der Waals surface area contributed by atoms with E-state index in [0.29, 0.717) is 67.3 Å². The van der Waals surface area contributed by atoms with Crippen LogP contribution >= 0.6 is 22.9 Å². The number of benzene rings is 1. The van der Waals surface area contributed by atoms with E-state index in [0.717, 1.165) is 0 Å².